The van der Waals surface area contributed by atoms with Crippen LogP contribution in [0, 0.1) is 0 Å². The third-order valence-electron chi connectivity index (χ3n) is 2.38. The zero-order chi connectivity index (χ0) is 18.4. The van der Waals surface area contributed by atoms with Gasteiger partial charge in [-0.05, 0) is 48.5 Å². The van der Waals surface area contributed by atoms with Crippen molar-refractivity contribution in [3.05, 3.63) is 0 Å². The number of alkyl carbamates (subject to hydrolysis) is 1. The molecular formula is C15H28N2O6. The molecule has 134 valence electrons. The fourth-order valence-corrected chi connectivity index (χ4v) is 1.70. The topological polar surface area (TPSA) is 114 Å². The molecule has 0 saturated heterocycles. The summed E-state index contributed by atoms with van der Waals surface area (Å²) in [6, 6.07) is -1.22. The van der Waals surface area contributed by atoms with Gasteiger partial charge in [-0.15, -0.1) is 0 Å². The Hall–Kier alpha value is -1.83. The monoisotopic (exact) mass is 332 g/mol. The van der Waals surface area contributed by atoms with E-state index in [0.29, 0.717) is 0 Å². The van der Waals surface area contributed by atoms with Crippen molar-refractivity contribution in [2.45, 2.75) is 71.8 Å². The zero-order valence-electron chi connectivity index (χ0n) is 14.9. The van der Waals surface area contributed by atoms with E-state index in [0.717, 1.165) is 0 Å². The third kappa shape index (κ3) is 10.5. The molecule has 3 N–H and O–H groups in total. The van der Waals surface area contributed by atoms with Crippen LogP contribution in [0.15, 0.2) is 0 Å². The van der Waals surface area contributed by atoms with E-state index in [1.54, 1.807) is 48.5 Å². The molecule has 0 aromatic carbocycles. The first-order valence-corrected chi connectivity index (χ1v) is 7.38. The van der Waals surface area contributed by atoms with Crippen molar-refractivity contribution in [2.24, 2.45) is 0 Å². The van der Waals surface area contributed by atoms with Gasteiger partial charge in [0.1, 0.15) is 12.1 Å². The molecule has 23 heavy (non-hydrogen) atoms. The first-order valence-electron chi connectivity index (χ1n) is 7.38. The molecule has 2 amide bonds. The lowest BCUT2D eigenvalue weighted by Crippen LogP contribution is -2.52. The van der Waals surface area contributed by atoms with Crippen LogP contribution in [0.25, 0.3) is 0 Å². The zero-order valence-corrected chi connectivity index (χ0v) is 14.9. The first kappa shape index (κ1) is 21.2. The highest BCUT2D eigenvalue weighted by Crippen LogP contribution is 2.13. The van der Waals surface area contributed by atoms with Crippen LogP contribution in [-0.2, 0) is 19.1 Å². The minimum atomic E-state index is -1.22. The van der Waals surface area contributed by atoms with E-state index in [1.165, 1.54) is 0 Å². The number of carboxylic acid groups (broad SMARTS) is 1. The highest BCUT2D eigenvalue weighted by molar-refractivity contribution is 5.86. The molecule has 0 bridgehead atoms. The minimum Gasteiger partial charge on any atom is -0.480 e. The van der Waals surface area contributed by atoms with Crippen molar-refractivity contribution < 1.29 is 29.0 Å². The van der Waals surface area contributed by atoms with Crippen molar-refractivity contribution in [3.8, 4) is 0 Å². The van der Waals surface area contributed by atoms with Crippen molar-refractivity contribution in [3.63, 3.8) is 0 Å². The molecule has 0 saturated carbocycles. The van der Waals surface area contributed by atoms with E-state index in [2.05, 4.69) is 10.6 Å². The lowest BCUT2D eigenvalue weighted by atomic mass is 10.1. The number of hydrogen-bond donors (Lipinski definition) is 3. The van der Waals surface area contributed by atoms with Gasteiger partial charge in [0.15, 0.2) is 6.04 Å². The predicted molar refractivity (Wildman–Crippen MR) is 84.1 cm³/mol. The van der Waals surface area contributed by atoms with Gasteiger partial charge in [0.05, 0.1) is 11.7 Å². The molecule has 0 aliphatic carbocycles. The molecule has 0 heterocycles. The molecule has 8 nitrogen and oxygen atoms in total. The Bertz CT molecular complexity index is 436. The summed E-state index contributed by atoms with van der Waals surface area (Å²) in [5.74, 6) is -1.86. The van der Waals surface area contributed by atoms with Gasteiger partial charge in [0.2, 0.25) is 5.91 Å². The van der Waals surface area contributed by atoms with Gasteiger partial charge in [0.25, 0.3) is 0 Å². The number of hydrogen-bond acceptors (Lipinski definition) is 5. The van der Waals surface area contributed by atoms with Crippen LogP contribution in [-0.4, -0.2) is 53.0 Å². The summed E-state index contributed by atoms with van der Waals surface area (Å²) < 4.78 is 10.5. The average Bonchev–Trinajstić information content (AvgIpc) is 2.28. The van der Waals surface area contributed by atoms with Crippen molar-refractivity contribution >= 4 is 18.0 Å². The predicted octanol–water partition coefficient (Wildman–Crippen LogP) is 1.28. The first-order chi connectivity index (χ1) is 10.2. The Morgan fingerprint density at radius 3 is 1.96 bits per heavy atom. The Labute approximate surface area is 136 Å². The lowest BCUT2D eigenvalue weighted by molar-refractivity contribution is -0.150. The SMILES string of the molecule is CC(OC(C)(C)C)C(NC(=O)CNC(=O)OC(C)(C)C)C(=O)O. The number of nitrogens with one attached hydrogen (secondary N) is 2. The molecule has 0 aromatic rings. The highest BCUT2D eigenvalue weighted by Gasteiger charge is 2.30. The number of ether oxygens (including phenoxy) is 2. The van der Waals surface area contributed by atoms with E-state index in [9.17, 15) is 19.5 Å². The van der Waals surface area contributed by atoms with Crippen molar-refractivity contribution in [2.75, 3.05) is 6.54 Å². The van der Waals surface area contributed by atoms with E-state index in [4.69, 9.17) is 9.47 Å². The summed E-state index contributed by atoms with van der Waals surface area (Å²) in [6.45, 7) is 11.6. The summed E-state index contributed by atoms with van der Waals surface area (Å²) >= 11 is 0. The molecule has 0 aliphatic rings. The second-order valence-electron chi connectivity index (χ2n) is 7.17. The van der Waals surface area contributed by atoms with Crippen LogP contribution in [0.5, 0.6) is 0 Å². The maximum atomic E-state index is 11.8. The molecular weight excluding hydrogens is 304 g/mol. The van der Waals surface area contributed by atoms with Crippen LogP contribution in [0.2, 0.25) is 0 Å². The smallest absolute Gasteiger partial charge is 0.408 e. The van der Waals surface area contributed by atoms with Crippen molar-refractivity contribution in [1.29, 1.82) is 0 Å². The quantitative estimate of drug-likeness (QED) is 0.675. The number of aliphatic carboxylic acids is 1. The van der Waals surface area contributed by atoms with E-state index < -0.39 is 41.3 Å². The number of amides is 2. The van der Waals surface area contributed by atoms with Crippen LogP contribution in [0.1, 0.15) is 48.5 Å². The summed E-state index contributed by atoms with van der Waals surface area (Å²) in [7, 11) is 0. The second kappa shape index (κ2) is 8.14. The number of carboxylic acids is 1. The van der Waals surface area contributed by atoms with Gasteiger partial charge in [-0.2, -0.15) is 0 Å². The summed E-state index contributed by atoms with van der Waals surface area (Å²) in [4.78, 5) is 34.5. The Morgan fingerprint density at radius 1 is 1.04 bits per heavy atom. The van der Waals surface area contributed by atoms with Gasteiger partial charge in [-0.1, -0.05) is 0 Å². The van der Waals surface area contributed by atoms with Crippen molar-refractivity contribution in [1.82, 2.24) is 10.6 Å². The molecule has 0 radical (unpaired) electrons. The minimum absolute atomic E-state index is 0.388. The molecule has 2 unspecified atom stereocenters. The fourth-order valence-electron chi connectivity index (χ4n) is 1.70. The Balaban J connectivity index is 4.52. The van der Waals surface area contributed by atoms with Gasteiger partial charge in [0, 0.05) is 0 Å². The van der Waals surface area contributed by atoms with Gasteiger partial charge in [-0.3, -0.25) is 4.79 Å². The highest BCUT2D eigenvalue weighted by atomic mass is 16.6. The third-order valence-corrected chi connectivity index (χ3v) is 2.38. The number of carbonyl (C=O) groups excluding carboxylic acids is 2. The second-order valence-corrected chi connectivity index (χ2v) is 7.17. The Morgan fingerprint density at radius 2 is 1.57 bits per heavy atom. The molecule has 0 rings (SSSR count). The largest absolute Gasteiger partial charge is 0.480 e. The number of rotatable bonds is 6. The summed E-state index contributed by atoms with van der Waals surface area (Å²) in [5.41, 5.74) is -1.23. The van der Waals surface area contributed by atoms with E-state index >= 15 is 0 Å². The summed E-state index contributed by atoms with van der Waals surface area (Å²) in [5, 5.41) is 13.8. The average molecular weight is 332 g/mol. The molecule has 8 heteroatoms. The maximum absolute atomic E-state index is 11.8. The van der Waals surface area contributed by atoms with Crippen LogP contribution in [0.3, 0.4) is 0 Å². The van der Waals surface area contributed by atoms with Crippen LogP contribution >= 0.6 is 0 Å². The fraction of sp³-hybridized carbons (Fsp3) is 0.800. The Kier molecular flexibility index (Phi) is 7.50. The lowest BCUT2D eigenvalue weighted by Gasteiger charge is -2.29. The standard InChI is InChI=1S/C15H28N2O6/c1-9(22-14(2,3)4)11(12(19)20)17-10(18)8-16-13(21)23-15(5,6)7/h9,11H,8H2,1-7H3,(H,16,21)(H,17,18)(H,19,20). The van der Waals surface area contributed by atoms with Gasteiger partial charge >= 0.3 is 12.1 Å². The van der Waals surface area contributed by atoms with Gasteiger partial charge in [-0.25, -0.2) is 9.59 Å². The van der Waals surface area contributed by atoms with Crippen LogP contribution in [0.4, 0.5) is 4.79 Å². The van der Waals surface area contributed by atoms with E-state index in [1.807, 2.05) is 0 Å². The van der Waals surface area contributed by atoms with E-state index in [-0.39, 0.29) is 6.54 Å². The summed E-state index contributed by atoms with van der Waals surface area (Å²) in [6.07, 6.45) is -1.49. The molecule has 0 aromatic heterocycles. The molecule has 2 atom stereocenters. The number of carbonyl (C=O) groups is 3. The van der Waals surface area contributed by atoms with Gasteiger partial charge < -0.3 is 25.2 Å². The molecule has 0 spiro atoms. The maximum Gasteiger partial charge on any atom is 0.408 e. The molecule has 0 aliphatic heterocycles. The normalized spacial score (nSPS) is 14.6. The van der Waals surface area contributed by atoms with Crippen LogP contribution < -0.4 is 10.6 Å². The molecule has 0 fully saturated rings.